The van der Waals surface area contributed by atoms with Crippen molar-refractivity contribution in [2.24, 2.45) is 0 Å². The van der Waals surface area contributed by atoms with Crippen molar-refractivity contribution in [3.63, 3.8) is 0 Å². The van der Waals surface area contributed by atoms with Crippen molar-refractivity contribution in [2.75, 3.05) is 14.2 Å². The summed E-state index contributed by atoms with van der Waals surface area (Å²) < 4.78 is 15.1. The Labute approximate surface area is 143 Å². The standard InChI is InChI=1S/C12H11N3O5.Na.H/c1-18-10-13-11(19-2)15-12(14-10)20-8-6-4-3-5-7(8)9(16)17;;/h3-6H,1-2H3,(H,16,17);;/q;+1;-1. The van der Waals surface area contributed by atoms with Gasteiger partial charge in [0.2, 0.25) is 0 Å². The second kappa shape index (κ2) is 7.77. The molecule has 0 saturated heterocycles. The van der Waals surface area contributed by atoms with Gasteiger partial charge in [-0.1, -0.05) is 12.1 Å². The fourth-order valence-electron chi connectivity index (χ4n) is 1.38. The molecule has 1 heterocycles. The second-order valence-electron chi connectivity index (χ2n) is 3.49. The SMILES string of the molecule is COc1nc(OC)nc(Oc2ccccc2C(=O)O)n1.[H-].[Na+]. The summed E-state index contributed by atoms with van der Waals surface area (Å²) in [6, 6.07) is 6.00. The molecule has 0 spiro atoms. The molecule has 2 aromatic rings. The van der Waals surface area contributed by atoms with Gasteiger partial charge in [-0.05, 0) is 12.1 Å². The number of methoxy groups -OCH3 is 2. The Kier molecular flexibility index (Phi) is 6.35. The van der Waals surface area contributed by atoms with Crippen LogP contribution in [0.4, 0.5) is 0 Å². The van der Waals surface area contributed by atoms with Crippen molar-refractivity contribution in [3.8, 4) is 23.8 Å². The van der Waals surface area contributed by atoms with Crippen LogP contribution in [0.5, 0.6) is 23.8 Å². The molecular weight excluding hydrogens is 289 g/mol. The van der Waals surface area contributed by atoms with Gasteiger partial charge in [-0.25, -0.2) is 4.79 Å². The molecule has 0 unspecified atom stereocenters. The van der Waals surface area contributed by atoms with Crippen LogP contribution < -0.4 is 43.8 Å². The number of carboxylic acids is 1. The van der Waals surface area contributed by atoms with Crippen LogP contribution in [0.3, 0.4) is 0 Å². The minimum atomic E-state index is -1.12. The van der Waals surface area contributed by atoms with Crippen LogP contribution >= 0.6 is 0 Å². The molecule has 9 heteroatoms. The third-order valence-electron chi connectivity index (χ3n) is 2.26. The Hall–Kier alpha value is -1.90. The number of carboxylic acid groups (broad SMARTS) is 1. The molecule has 0 aliphatic heterocycles. The molecule has 8 nitrogen and oxygen atoms in total. The monoisotopic (exact) mass is 301 g/mol. The predicted molar refractivity (Wildman–Crippen MR) is 67.5 cm³/mol. The Morgan fingerprint density at radius 3 is 2.10 bits per heavy atom. The molecule has 2 rings (SSSR count). The maximum Gasteiger partial charge on any atom is 1.00 e. The minimum absolute atomic E-state index is 0. The molecule has 0 bridgehead atoms. The van der Waals surface area contributed by atoms with Crippen molar-refractivity contribution in [2.45, 2.75) is 0 Å². The van der Waals surface area contributed by atoms with E-state index < -0.39 is 5.97 Å². The number of ether oxygens (including phenoxy) is 3. The number of carbonyl (C=O) groups is 1. The average molecular weight is 301 g/mol. The fraction of sp³-hybridized carbons (Fsp3) is 0.167. The van der Waals surface area contributed by atoms with Gasteiger partial charge in [0.05, 0.1) is 14.2 Å². The van der Waals surface area contributed by atoms with Gasteiger partial charge in [0.15, 0.2) is 0 Å². The van der Waals surface area contributed by atoms with Gasteiger partial charge in [-0.15, -0.1) is 15.0 Å². The number of aromatic nitrogens is 3. The molecule has 0 aliphatic rings. The van der Waals surface area contributed by atoms with E-state index in [-0.39, 0.29) is 60.3 Å². The van der Waals surface area contributed by atoms with E-state index in [0.717, 1.165) is 0 Å². The first kappa shape index (κ1) is 17.2. The third-order valence-corrected chi connectivity index (χ3v) is 2.26. The number of hydrogen-bond donors (Lipinski definition) is 1. The van der Waals surface area contributed by atoms with Gasteiger partial charge in [0, 0.05) is 0 Å². The maximum atomic E-state index is 11.1. The number of rotatable bonds is 5. The van der Waals surface area contributed by atoms with Gasteiger partial charge in [0.25, 0.3) is 0 Å². The first-order valence-corrected chi connectivity index (χ1v) is 5.48. The van der Waals surface area contributed by atoms with Crippen LogP contribution in [0.15, 0.2) is 24.3 Å². The zero-order chi connectivity index (χ0) is 14.5. The van der Waals surface area contributed by atoms with Gasteiger partial charge in [-0.3, -0.25) is 0 Å². The van der Waals surface area contributed by atoms with E-state index in [0.29, 0.717) is 0 Å². The Morgan fingerprint density at radius 1 is 1.05 bits per heavy atom. The summed E-state index contributed by atoms with van der Waals surface area (Å²) in [5, 5.41) is 9.06. The van der Waals surface area contributed by atoms with E-state index in [1.54, 1.807) is 12.1 Å². The van der Waals surface area contributed by atoms with Crippen molar-refractivity contribution in [1.82, 2.24) is 15.0 Å². The van der Waals surface area contributed by atoms with Crippen LogP contribution in [-0.2, 0) is 0 Å². The molecule has 0 fully saturated rings. The van der Waals surface area contributed by atoms with Crippen LogP contribution in [-0.4, -0.2) is 40.2 Å². The van der Waals surface area contributed by atoms with Crippen LogP contribution in [0.25, 0.3) is 0 Å². The number of benzene rings is 1. The van der Waals surface area contributed by atoms with E-state index in [2.05, 4.69) is 15.0 Å². The zero-order valence-corrected chi connectivity index (χ0v) is 13.7. The molecule has 1 aromatic heterocycles. The summed E-state index contributed by atoms with van der Waals surface area (Å²) in [5.74, 6) is -1.01. The maximum absolute atomic E-state index is 11.1. The van der Waals surface area contributed by atoms with E-state index in [4.69, 9.17) is 19.3 Å². The van der Waals surface area contributed by atoms with E-state index in [1.807, 2.05) is 0 Å². The number of para-hydroxylation sites is 1. The first-order valence-electron chi connectivity index (χ1n) is 5.48. The fourth-order valence-corrected chi connectivity index (χ4v) is 1.38. The topological polar surface area (TPSA) is 104 Å². The van der Waals surface area contributed by atoms with Crippen LogP contribution in [0.1, 0.15) is 11.8 Å². The molecule has 0 aliphatic carbocycles. The molecule has 0 amide bonds. The molecule has 1 aromatic carbocycles. The van der Waals surface area contributed by atoms with Gasteiger partial charge in [0.1, 0.15) is 11.3 Å². The normalized spacial score (nSPS) is 9.43. The van der Waals surface area contributed by atoms with Crippen molar-refractivity contribution in [3.05, 3.63) is 29.8 Å². The number of nitrogens with zero attached hydrogens (tertiary/aromatic N) is 3. The zero-order valence-electron chi connectivity index (χ0n) is 12.7. The number of hydrogen-bond acceptors (Lipinski definition) is 7. The summed E-state index contributed by atoms with van der Waals surface area (Å²) in [6.07, 6.45) is 0. The van der Waals surface area contributed by atoms with E-state index in [9.17, 15) is 4.79 Å². The largest absolute Gasteiger partial charge is 1.00 e. The molecule has 0 saturated carbocycles. The average Bonchev–Trinajstić information content (AvgIpc) is 2.47. The van der Waals surface area contributed by atoms with E-state index in [1.165, 1.54) is 26.4 Å². The van der Waals surface area contributed by atoms with Gasteiger partial charge >= 0.3 is 53.6 Å². The van der Waals surface area contributed by atoms with Crippen molar-refractivity contribution >= 4 is 5.97 Å². The summed E-state index contributed by atoms with van der Waals surface area (Å²) in [7, 11) is 2.76. The number of aromatic carboxylic acids is 1. The second-order valence-corrected chi connectivity index (χ2v) is 3.49. The Balaban J connectivity index is 0.00000220. The first-order chi connectivity index (χ1) is 9.63. The smallest absolute Gasteiger partial charge is 1.00 e. The summed E-state index contributed by atoms with van der Waals surface area (Å²) >= 11 is 0. The van der Waals surface area contributed by atoms with E-state index >= 15 is 0 Å². The van der Waals surface area contributed by atoms with Crippen molar-refractivity contribution < 1.29 is 55.1 Å². The Morgan fingerprint density at radius 2 is 1.57 bits per heavy atom. The van der Waals surface area contributed by atoms with Crippen LogP contribution in [0.2, 0.25) is 0 Å². The third kappa shape index (κ3) is 4.28. The summed E-state index contributed by atoms with van der Waals surface area (Å²) in [6.45, 7) is 0. The molecule has 0 radical (unpaired) electrons. The minimum Gasteiger partial charge on any atom is -1.00 e. The molecule has 0 atom stereocenters. The summed E-state index contributed by atoms with van der Waals surface area (Å²) in [5.41, 5.74) is -0.00848. The molecule has 106 valence electrons. The predicted octanol–water partition coefficient (Wildman–Crippen LogP) is -1.50. The molecule has 1 N–H and O–H groups in total. The van der Waals surface area contributed by atoms with Crippen molar-refractivity contribution in [1.29, 1.82) is 0 Å². The quantitative estimate of drug-likeness (QED) is 0.665. The van der Waals surface area contributed by atoms with Crippen LogP contribution in [0, 0.1) is 0 Å². The molecule has 21 heavy (non-hydrogen) atoms. The van der Waals surface area contributed by atoms with Gasteiger partial charge in [-0.2, -0.15) is 0 Å². The molecular formula is C12H12N3NaO5. The van der Waals surface area contributed by atoms with Gasteiger partial charge < -0.3 is 20.7 Å². The summed E-state index contributed by atoms with van der Waals surface area (Å²) in [4.78, 5) is 22.6. The Bertz CT molecular complexity index is 622.